The second-order valence-corrected chi connectivity index (χ2v) is 4.41. The Morgan fingerprint density at radius 1 is 1.45 bits per heavy atom. The van der Waals surface area contributed by atoms with Crippen molar-refractivity contribution in [3.8, 4) is 0 Å². The lowest BCUT2D eigenvalue weighted by molar-refractivity contribution is -0.136. The highest BCUT2D eigenvalue weighted by atomic mass is 16.6. The number of ether oxygens (including phenoxy) is 2. The number of cyclic esters (lactones) is 1. The van der Waals surface area contributed by atoms with Gasteiger partial charge in [-0.15, -0.1) is 0 Å². The molecule has 5 nitrogen and oxygen atoms in total. The summed E-state index contributed by atoms with van der Waals surface area (Å²) in [5.41, 5.74) is 1.40. The van der Waals surface area contributed by atoms with E-state index >= 15 is 0 Å². The molecule has 1 aliphatic heterocycles. The van der Waals surface area contributed by atoms with Crippen molar-refractivity contribution in [2.45, 2.75) is 19.4 Å². The molecular weight excluding hydrogens is 258 g/mol. The Labute approximate surface area is 117 Å². The molecule has 1 aromatic rings. The number of carbonyl (C=O) groups is 2. The lowest BCUT2D eigenvalue weighted by Gasteiger charge is -2.18. The van der Waals surface area contributed by atoms with Gasteiger partial charge in [0.05, 0.1) is 18.7 Å². The van der Waals surface area contributed by atoms with Crippen molar-refractivity contribution in [1.82, 2.24) is 4.90 Å². The van der Waals surface area contributed by atoms with Gasteiger partial charge in [-0.2, -0.15) is 0 Å². The van der Waals surface area contributed by atoms with Gasteiger partial charge in [-0.1, -0.05) is 37.3 Å². The molecular formula is C15H17NO4. The van der Waals surface area contributed by atoms with Crippen LogP contribution < -0.4 is 0 Å². The number of amides is 1. The Kier molecular flexibility index (Phi) is 4.40. The molecule has 1 atom stereocenters. The van der Waals surface area contributed by atoms with Crippen molar-refractivity contribution in [3.63, 3.8) is 0 Å². The summed E-state index contributed by atoms with van der Waals surface area (Å²) in [7, 11) is 1.32. The van der Waals surface area contributed by atoms with Crippen molar-refractivity contribution in [3.05, 3.63) is 47.7 Å². The van der Waals surface area contributed by atoms with E-state index < -0.39 is 12.1 Å². The maximum atomic E-state index is 11.8. The molecule has 1 aromatic carbocycles. The van der Waals surface area contributed by atoms with Gasteiger partial charge in [-0.3, -0.25) is 4.90 Å². The molecule has 106 valence electrons. The molecule has 2 rings (SSSR count). The maximum Gasteiger partial charge on any atom is 0.414 e. The van der Waals surface area contributed by atoms with Crippen molar-refractivity contribution < 1.29 is 19.1 Å². The first-order valence-electron chi connectivity index (χ1n) is 6.46. The summed E-state index contributed by atoms with van der Waals surface area (Å²) < 4.78 is 9.79. The van der Waals surface area contributed by atoms with Crippen LogP contribution in [0.5, 0.6) is 0 Å². The van der Waals surface area contributed by atoms with Gasteiger partial charge in [0.1, 0.15) is 6.61 Å². The van der Waals surface area contributed by atoms with Gasteiger partial charge in [0.2, 0.25) is 0 Å². The quantitative estimate of drug-likeness (QED) is 0.626. The molecule has 0 bridgehead atoms. The lowest BCUT2D eigenvalue weighted by Crippen LogP contribution is -2.23. The molecule has 20 heavy (non-hydrogen) atoms. The second kappa shape index (κ2) is 6.23. The van der Waals surface area contributed by atoms with E-state index in [1.807, 2.05) is 37.3 Å². The standard InChI is InChI=1S/C15H17NO4/c1-3-11(14(17)19-2)9-16-13(10-20-15(16)18)12-7-5-4-6-8-12/h4-9,13H,3,10H2,1-2H3/b11-9-/t13-/m0/s1. The van der Waals surface area contributed by atoms with Gasteiger partial charge in [0, 0.05) is 6.20 Å². The molecule has 1 aliphatic rings. The molecule has 1 heterocycles. The molecule has 5 heteroatoms. The highest BCUT2D eigenvalue weighted by Gasteiger charge is 2.33. The Morgan fingerprint density at radius 2 is 2.15 bits per heavy atom. The molecule has 0 radical (unpaired) electrons. The summed E-state index contributed by atoms with van der Waals surface area (Å²) >= 11 is 0. The van der Waals surface area contributed by atoms with E-state index in [1.165, 1.54) is 18.2 Å². The van der Waals surface area contributed by atoms with Crippen LogP contribution in [0.2, 0.25) is 0 Å². The van der Waals surface area contributed by atoms with Gasteiger partial charge in [0.15, 0.2) is 0 Å². The zero-order valence-corrected chi connectivity index (χ0v) is 11.5. The number of nitrogens with zero attached hydrogens (tertiary/aromatic N) is 1. The van der Waals surface area contributed by atoms with Crippen LogP contribution in [0.1, 0.15) is 24.9 Å². The smallest absolute Gasteiger partial charge is 0.414 e. The van der Waals surface area contributed by atoms with Gasteiger partial charge < -0.3 is 9.47 Å². The predicted octanol–water partition coefficient (Wildman–Crippen LogP) is 2.65. The van der Waals surface area contributed by atoms with E-state index in [1.54, 1.807) is 0 Å². The predicted molar refractivity (Wildman–Crippen MR) is 72.8 cm³/mol. The third-order valence-electron chi connectivity index (χ3n) is 3.22. The van der Waals surface area contributed by atoms with E-state index in [2.05, 4.69) is 0 Å². The van der Waals surface area contributed by atoms with Crippen LogP contribution in [0.4, 0.5) is 4.79 Å². The first-order chi connectivity index (χ1) is 9.67. The van der Waals surface area contributed by atoms with E-state index in [-0.39, 0.29) is 12.6 Å². The number of hydrogen-bond acceptors (Lipinski definition) is 4. The third kappa shape index (κ3) is 2.82. The van der Waals surface area contributed by atoms with Crippen molar-refractivity contribution >= 4 is 12.1 Å². The first kappa shape index (κ1) is 14.1. The summed E-state index contributed by atoms with van der Waals surface area (Å²) in [6.45, 7) is 2.11. The number of methoxy groups -OCH3 is 1. The molecule has 0 N–H and O–H groups in total. The molecule has 0 spiro atoms. The van der Waals surface area contributed by atoms with Gasteiger partial charge in [-0.25, -0.2) is 9.59 Å². The molecule has 1 fully saturated rings. The summed E-state index contributed by atoms with van der Waals surface area (Å²) in [6.07, 6.45) is 1.56. The fraction of sp³-hybridized carbons (Fsp3) is 0.333. The van der Waals surface area contributed by atoms with Crippen LogP contribution in [0.25, 0.3) is 0 Å². The largest absolute Gasteiger partial charge is 0.466 e. The molecule has 0 aliphatic carbocycles. The highest BCUT2D eigenvalue weighted by molar-refractivity contribution is 5.89. The SMILES string of the molecule is CC/C(=C/N1C(=O)OC[C@H]1c1ccccc1)C(=O)OC. The zero-order chi connectivity index (χ0) is 14.5. The van der Waals surface area contributed by atoms with E-state index in [0.29, 0.717) is 12.0 Å². The summed E-state index contributed by atoms with van der Waals surface area (Å²) in [5.74, 6) is -0.431. The van der Waals surface area contributed by atoms with Crippen LogP contribution >= 0.6 is 0 Å². The van der Waals surface area contributed by atoms with Gasteiger partial charge in [-0.05, 0) is 12.0 Å². The maximum absolute atomic E-state index is 11.8. The van der Waals surface area contributed by atoms with E-state index in [0.717, 1.165) is 5.56 Å². The number of carbonyl (C=O) groups excluding carboxylic acids is 2. The second-order valence-electron chi connectivity index (χ2n) is 4.41. The van der Waals surface area contributed by atoms with Crippen LogP contribution in [0, 0.1) is 0 Å². The molecule has 0 saturated carbocycles. The fourth-order valence-corrected chi connectivity index (χ4v) is 2.09. The minimum Gasteiger partial charge on any atom is -0.466 e. The first-order valence-corrected chi connectivity index (χ1v) is 6.46. The van der Waals surface area contributed by atoms with Gasteiger partial charge >= 0.3 is 12.1 Å². The normalized spacial score (nSPS) is 18.9. The van der Waals surface area contributed by atoms with Crippen molar-refractivity contribution in [2.24, 2.45) is 0 Å². The molecule has 0 unspecified atom stereocenters. The number of benzene rings is 1. The van der Waals surface area contributed by atoms with E-state index in [9.17, 15) is 9.59 Å². The van der Waals surface area contributed by atoms with Crippen LogP contribution in [-0.4, -0.2) is 30.7 Å². The Hall–Kier alpha value is -2.30. The summed E-state index contributed by atoms with van der Waals surface area (Å²) in [4.78, 5) is 24.9. The molecule has 1 amide bonds. The van der Waals surface area contributed by atoms with E-state index in [4.69, 9.17) is 9.47 Å². The number of esters is 1. The monoisotopic (exact) mass is 275 g/mol. The average Bonchev–Trinajstić information content (AvgIpc) is 2.85. The fourth-order valence-electron chi connectivity index (χ4n) is 2.09. The highest BCUT2D eigenvalue weighted by Crippen LogP contribution is 2.28. The van der Waals surface area contributed by atoms with Crippen molar-refractivity contribution in [1.29, 1.82) is 0 Å². The van der Waals surface area contributed by atoms with Crippen LogP contribution in [-0.2, 0) is 14.3 Å². The Balaban J connectivity index is 2.29. The lowest BCUT2D eigenvalue weighted by atomic mass is 10.1. The van der Waals surface area contributed by atoms with Crippen LogP contribution in [0.3, 0.4) is 0 Å². The topological polar surface area (TPSA) is 55.8 Å². The Bertz CT molecular complexity index is 524. The minimum absolute atomic E-state index is 0.213. The Morgan fingerprint density at radius 3 is 2.75 bits per heavy atom. The number of rotatable bonds is 4. The number of hydrogen-bond donors (Lipinski definition) is 0. The van der Waals surface area contributed by atoms with Crippen molar-refractivity contribution in [2.75, 3.05) is 13.7 Å². The summed E-state index contributed by atoms with van der Waals surface area (Å²) in [5, 5.41) is 0. The van der Waals surface area contributed by atoms with Gasteiger partial charge in [0.25, 0.3) is 0 Å². The minimum atomic E-state index is -0.450. The third-order valence-corrected chi connectivity index (χ3v) is 3.22. The zero-order valence-electron chi connectivity index (χ0n) is 11.5. The average molecular weight is 275 g/mol. The summed E-state index contributed by atoms with van der Waals surface area (Å²) in [6, 6.07) is 9.36. The molecule has 0 aromatic heterocycles. The van der Waals surface area contributed by atoms with Crippen LogP contribution in [0.15, 0.2) is 42.1 Å². The molecule has 1 saturated heterocycles.